The number of nitrogens with two attached hydrogens (primary N) is 1. The van der Waals surface area contributed by atoms with Gasteiger partial charge in [-0.25, -0.2) is 0 Å². The predicted octanol–water partition coefficient (Wildman–Crippen LogP) is 2.51. The Labute approximate surface area is 158 Å². The van der Waals surface area contributed by atoms with Crippen molar-refractivity contribution in [3.8, 4) is 11.8 Å². The zero-order valence-electron chi connectivity index (χ0n) is 14.4. The van der Waals surface area contributed by atoms with Crippen molar-refractivity contribution in [1.29, 1.82) is 0 Å². The highest BCUT2D eigenvalue weighted by atomic mass is 32.1. The highest BCUT2D eigenvalue weighted by Gasteiger charge is 2.07. The first kappa shape index (κ1) is 17.8. The van der Waals surface area contributed by atoms with Crippen molar-refractivity contribution in [1.82, 2.24) is 15.5 Å². The third kappa shape index (κ3) is 3.79. The van der Waals surface area contributed by atoms with Gasteiger partial charge in [-0.2, -0.15) is 12.6 Å². The number of nitrogens with one attached hydrogen (secondary N) is 1. The summed E-state index contributed by atoms with van der Waals surface area (Å²) in [4.78, 5) is 4.41. The number of thiol groups is 1. The van der Waals surface area contributed by atoms with Crippen molar-refractivity contribution in [2.24, 2.45) is 4.99 Å². The lowest BCUT2D eigenvalue weighted by molar-refractivity contribution is 0.960. The Kier molecular flexibility index (Phi) is 5.72. The molecule has 6 heteroatoms. The molecule has 2 aromatic carbocycles. The number of anilines is 1. The molecule has 2 heterocycles. The van der Waals surface area contributed by atoms with Crippen LogP contribution in [-0.2, 0) is 0 Å². The molecule has 1 aliphatic heterocycles. The summed E-state index contributed by atoms with van der Waals surface area (Å²) in [5, 5.41) is 12.3. The molecular formula is C20H19N5S. The fraction of sp³-hybridized carbons (Fsp3) is 0.150. The minimum atomic E-state index is 0.349. The van der Waals surface area contributed by atoms with Gasteiger partial charge in [0.15, 0.2) is 5.82 Å². The Hall–Kier alpha value is -3.04. The molecular weight excluding hydrogens is 342 g/mol. The smallest absolute Gasteiger partial charge is 0.162 e. The summed E-state index contributed by atoms with van der Waals surface area (Å²) >= 11 is 3.53. The summed E-state index contributed by atoms with van der Waals surface area (Å²) in [6.07, 6.45) is 1.69. The largest absolute Gasteiger partial charge is 0.381 e. The molecule has 1 aliphatic rings. The lowest BCUT2D eigenvalue weighted by Gasteiger charge is -2.02. The van der Waals surface area contributed by atoms with E-state index in [0.29, 0.717) is 11.4 Å². The first-order valence-electron chi connectivity index (χ1n) is 8.18. The molecule has 0 fully saturated rings. The zero-order chi connectivity index (χ0) is 18.4. The van der Waals surface area contributed by atoms with E-state index in [1.54, 1.807) is 6.26 Å². The van der Waals surface area contributed by atoms with Crippen LogP contribution < -0.4 is 11.1 Å². The molecule has 1 aromatic heterocycles. The molecule has 0 bridgehead atoms. The number of nitrogen functional groups attached to an aromatic ring is 1. The fourth-order valence-corrected chi connectivity index (χ4v) is 2.64. The van der Waals surface area contributed by atoms with Gasteiger partial charge in [0.2, 0.25) is 0 Å². The molecule has 5 nitrogen and oxygen atoms in total. The third-order valence-electron chi connectivity index (χ3n) is 3.86. The van der Waals surface area contributed by atoms with E-state index in [2.05, 4.69) is 45.0 Å². The Morgan fingerprint density at radius 1 is 1.00 bits per heavy atom. The standard InChI is InChI=1S/C19H15N5.CH4S/c20-18-16(15-3-1-2-4-17(15)23-24-18)10-7-13-5-8-14(9-6-13)19-21-11-12-22-19;1-2/h1-6,8-9H,11-12H2,(H2,20,24)(H,21,22);2H,1H3. The number of fused-ring (bicyclic) bond motifs is 1. The second-order valence-electron chi connectivity index (χ2n) is 5.46. The van der Waals surface area contributed by atoms with E-state index in [0.717, 1.165) is 41.0 Å². The number of hydrogen-bond acceptors (Lipinski definition) is 6. The number of benzene rings is 2. The maximum atomic E-state index is 5.96. The van der Waals surface area contributed by atoms with Gasteiger partial charge in [0, 0.05) is 23.1 Å². The predicted molar refractivity (Wildman–Crippen MR) is 111 cm³/mol. The molecule has 0 amide bonds. The molecule has 0 unspecified atom stereocenters. The molecule has 0 saturated heterocycles. The van der Waals surface area contributed by atoms with Crippen molar-refractivity contribution in [2.45, 2.75) is 0 Å². The maximum absolute atomic E-state index is 5.96. The molecule has 0 radical (unpaired) electrons. The van der Waals surface area contributed by atoms with E-state index in [4.69, 9.17) is 5.73 Å². The molecule has 0 atom stereocenters. The van der Waals surface area contributed by atoms with Crippen molar-refractivity contribution in [2.75, 3.05) is 25.1 Å². The Bertz CT molecular complexity index is 1000. The molecule has 26 heavy (non-hydrogen) atoms. The van der Waals surface area contributed by atoms with Crippen LogP contribution in [0.3, 0.4) is 0 Å². The van der Waals surface area contributed by atoms with Crippen molar-refractivity contribution >= 4 is 35.2 Å². The average Bonchev–Trinajstić information content (AvgIpc) is 3.24. The molecule has 4 rings (SSSR count). The average molecular weight is 361 g/mol. The van der Waals surface area contributed by atoms with Crippen LogP contribution in [0.1, 0.15) is 16.7 Å². The van der Waals surface area contributed by atoms with Crippen LogP contribution in [0.4, 0.5) is 5.82 Å². The molecule has 3 aromatic rings. The minimum Gasteiger partial charge on any atom is -0.381 e. The van der Waals surface area contributed by atoms with Crippen molar-refractivity contribution in [3.05, 3.63) is 65.2 Å². The summed E-state index contributed by atoms with van der Waals surface area (Å²) in [5.41, 5.74) is 9.45. The highest BCUT2D eigenvalue weighted by molar-refractivity contribution is 7.79. The van der Waals surface area contributed by atoms with E-state index < -0.39 is 0 Å². The summed E-state index contributed by atoms with van der Waals surface area (Å²) in [6.45, 7) is 1.73. The van der Waals surface area contributed by atoms with E-state index in [1.807, 2.05) is 48.5 Å². The summed E-state index contributed by atoms with van der Waals surface area (Å²) in [7, 11) is 0. The lowest BCUT2D eigenvalue weighted by Crippen LogP contribution is -2.19. The normalized spacial score (nSPS) is 12.3. The molecule has 0 saturated carbocycles. The van der Waals surface area contributed by atoms with Crippen LogP contribution in [0, 0.1) is 11.8 Å². The second-order valence-corrected chi connectivity index (χ2v) is 5.46. The lowest BCUT2D eigenvalue weighted by atomic mass is 10.1. The monoisotopic (exact) mass is 361 g/mol. The van der Waals surface area contributed by atoms with E-state index in [-0.39, 0.29) is 0 Å². The number of nitrogens with zero attached hydrogens (tertiary/aromatic N) is 3. The number of aliphatic imine (C=N–C) groups is 1. The first-order chi connectivity index (χ1) is 12.8. The SMILES string of the molecule is CS.Nc1nnc2ccccc2c1C#Cc1ccc(C2=NCCN2)cc1. The van der Waals surface area contributed by atoms with E-state index in [9.17, 15) is 0 Å². The second kappa shape index (κ2) is 8.37. The number of aromatic nitrogens is 2. The van der Waals surface area contributed by atoms with Crippen molar-refractivity contribution in [3.63, 3.8) is 0 Å². The van der Waals surface area contributed by atoms with E-state index in [1.165, 1.54) is 0 Å². The number of amidine groups is 1. The molecule has 0 spiro atoms. The first-order valence-corrected chi connectivity index (χ1v) is 9.07. The summed E-state index contributed by atoms with van der Waals surface area (Å²) in [6, 6.07) is 15.7. The van der Waals surface area contributed by atoms with Crippen LogP contribution >= 0.6 is 12.6 Å². The molecule has 3 N–H and O–H groups in total. The van der Waals surface area contributed by atoms with Gasteiger partial charge in [0.1, 0.15) is 5.84 Å². The van der Waals surface area contributed by atoms with Gasteiger partial charge in [-0.15, -0.1) is 10.2 Å². The Morgan fingerprint density at radius 3 is 2.50 bits per heavy atom. The van der Waals surface area contributed by atoms with Crippen LogP contribution in [0.25, 0.3) is 10.9 Å². The number of hydrogen-bond donors (Lipinski definition) is 3. The summed E-state index contributed by atoms with van der Waals surface area (Å²) < 4.78 is 0. The van der Waals surface area contributed by atoms with Gasteiger partial charge in [0.05, 0.1) is 17.6 Å². The van der Waals surface area contributed by atoms with Gasteiger partial charge in [-0.1, -0.05) is 42.2 Å². The van der Waals surface area contributed by atoms with Gasteiger partial charge in [0.25, 0.3) is 0 Å². The molecule has 130 valence electrons. The van der Waals surface area contributed by atoms with Gasteiger partial charge < -0.3 is 11.1 Å². The Morgan fingerprint density at radius 2 is 1.77 bits per heavy atom. The Balaban J connectivity index is 0.000000948. The van der Waals surface area contributed by atoms with Crippen LogP contribution in [0.15, 0.2) is 53.5 Å². The number of rotatable bonds is 1. The molecule has 0 aliphatic carbocycles. The topological polar surface area (TPSA) is 76.2 Å². The zero-order valence-corrected chi connectivity index (χ0v) is 15.3. The van der Waals surface area contributed by atoms with Crippen LogP contribution in [-0.4, -0.2) is 35.4 Å². The summed E-state index contributed by atoms with van der Waals surface area (Å²) in [5.74, 6) is 7.59. The fourth-order valence-electron chi connectivity index (χ4n) is 2.64. The van der Waals surface area contributed by atoms with Crippen molar-refractivity contribution < 1.29 is 0 Å². The quantitative estimate of drug-likeness (QED) is 0.460. The van der Waals surface area contributed by atoms with Gasteiger partial charge in [-0.3, -0.25) is 4.99 Å². The van der Waals surface area contributed by atoms with Crippen LogP contribution in [0.2, 0.25) is 0 Å². The van der Waals surface area contributed by atoms with Gasteiger partial charge >= 0.3 is 0 Å². The third-order valence-corrected chi connectivity index (χ3v) is 3.86. The maximum Gasteiger partial charge on any atom is 0.162 e. The van der Waals surface area contributed by atoms with Crippen LogP contribution in [0.5, 0.6) is 0 Å². The van der Waals surface area contributed by atoms with Gasteiger partial charge in [-0.05, 0) is 24.5 Å². The minimum absolute atomic E-state index is 0.349. The van der Waals surface area contributed by atoms with E-state index >= 15 is 0 Å². The highest BCUT2D eigenvalue weighted by Crippen LogP contribution is 2.19.